The van der Waals surface area contributed by atoms with Gasteiger partial charge in [-0.1, -0.05) is 29.8 Å². The van der Waals surface area contributed by atoms with Gasteiger partial charge in [-0.2, -0.15) is 0 Å². The molecule has 0 saturated heterocycles. The highest BCUT2D eigenvalue weighted by atomic mass is 35.5. The second-order valence-electron chi connectivity index (χ2n) is 4.67. The lowest BCUT2D eigenvalue weighted by atomic mass is 10.1. The first-order valence-electron chi connectivity index (χ1n) is 6.65. The van der Waals surface area contributed by atoms with E-state index in [0.29, 0.717) is 29.7 Å². The minimum Gasteiger partial charge on any atom is -0.493 e. The van der Waals surface area contributed by atoms with Gasteiger partial charge in [-0.3, -0.25) is 0 Å². The second-order valence-corrected chi connectivity index (χ2v) is 5.10. The first-order chi connectivity index (χ1) is 10.1. The van der Waals surface area contributed by atoms with Crippen molar-refractivity contribution in [1.29, 1.82) is 0 Å². The van der Waals surface area contributed by atoms with Crippen molar-refractivity contribution < 1.29 is 9.47 Å². The van der Waals surface area contributed by atoms with Gasteiger partial charge in [0.1, 0.15) is 6.61 Å². The van der Waals surface area contributed by atoms with Crippen LogP contribution in [0.2, 0.25) is 5.02 Å². The van der Waals surface area contributed by atoms with Crippen LogP contribution in [0.15, 0.2) is 42.5 Å². The van der Waals surface area contributed by atoms with Crippen molar-refractivity contribution >= 4 is 11.6 Å². The topological polar surface area (TPSA) is 70.5 Å². The molecule has 0 radical (unpaired) electrons. The van der Waals surface area contributed by atoms with Crippen LogP contribution in [0, 0.1) is 0 Å². The van der Waals surface area contributed by atoms with Crippen LogP contribution in [0.5, 0.6) is 11.5 Å². The summed E-state index contributed by atoms with van der Waals surface area (Å²) in [6.07, 6.45) is 0. The van der Waals surface area contributed by atoms with Crippen LogP contribution in [-0.4, -0.2) is 13.7 Å². The third-order valence-electron chi connectivity index (χ3n) is 3.18. The molecule has 0 spiro atoms. The highest BCUT2D eigenvalue weighted by molar-refractivity contribution is 6.30. The van der Waals surface area contributed by atoms with E-state index in [9.17, 15) is 0 Å². The number of hydrogen-bond acceptors (Lipinski definition) is 4. The first kappa shape index (κ1) is 15.6. The van der Waals surface area contributed by atoms with Crippen LogP contribution in [0.3, 0.4) is 0 Å². The van der Waals surface area contributed by atoms with E-state index in [-0.39, 0.29) is 6.04 Å². The van der Waals surface area contributed by atoms with E-state index in [0.717, 1.165) is 11.1 Å². The molecule has 0 aliphatic heterocycles. The third-order valence-corrected chi connectivity index (χ3v) is 3.43. The van der Waals surface area contributed by atoms with Gasteiger partial charge in [-0.25, -0.2) is 0 Å². The Bertz CT molecular complexity index is 587. The molecule has 1 atom stereocenters. The van der Waals surface area contributed by atoms with E-state index in [2.05, 4.69) is 0 Å². The maximum Gasteiger partial charge on any atom is 0.161 e. The largest absolute Gasteiger partial charge is 0.493 e. The van der Waals surface area contributed by atoms with Crippen molar-refractivity contribution in [2.45, 2.75) is 12.6 Å². The molecule has 1 unspecified atom stereocenters. The SMILES string of the molecule is COc1cc(C(N)CN)ccc1OCc1ccc(Cl)cc1. The zero-order valence-electron chi connectivity index (χ0n) is 11.9. The molecule has 5 heteroatoms. The number of hydrogen-bond donors (Lipinski definition) is 2. The Morgan fingerprint density at radius 1 is 1.10 bits per heavy atom. The van der Waals surface area contributed by atoms with Gasteiger partial charge in [0, 0.05) is 17.6 Å². The summed E-state index contributed by atoms with van der Waals surface area (Å²) in [6.45, 7) is 0.823. The number of nitrogens with two attached hydrogens (primary N) is 2. The lowest BCUT2D eigenvalue weighted by molar-refractivity contribution is 0.284. The van der Waals surface area contributed by atoms with Gasteiger partial charge in [0.2, 0.25) is 0 Å². The number of ether oxygens (including phenoxy) is 2. The molecule has 4 N–H and O–H groups in total. The lowest BCUT2D eigenvalue weighted by Crippen LogP contribution is -2.20. The van der Waals surface area contributed by atoms with Gasteiger partial charge < -0.3 is 20.9 Å². The van der Waals surface area contributed by atoms with Crippen LogP contribution < -0.4 is 20.9 Å². The molecule has 0 aromatic heterocycles. The van der Waals surface area contributed by atoms with Crippen molar-refractivity contribution in [3.05, 3.63) is 58.6 Å². The maximum atomic E-state index is 5.91. The van der Waals surface area contributed by atoms with Gasteiger partial charge in [-0.15, -0.1) is 0 Å². The molecule has 0 saturated carbocycles. The standard InChI is InChI=1S/C16H19ClN2O2/c1-20-16-8-12(14(19)9-18)4-7-15(16)21-10-11-2-5-13(17)6-3-11/h2-8,14H,9-10,18-19H2,1H3. The van der Waals surface area contributed by atoms with Gasteiger partial charge in [0.25, 0.3) is 0 Å². The molecule has 2 rings (SSSR count). The smallest absolute Gasteiger partial charge is 0.161 e. The molecule has 0 aliphatic carbocycles. The minimum absolute atomic E-state index is 0.204. The average Bonchev–Trinajstić information content (AvgIpc) is 2.53. The zero-order valence-corrected chi connectivity index (χ0v) is 12.6. The fourth-order valence-electron chi connectivity index (χ4n) is 1.91. The average molecular weight is 307 g/mol. The number of halogens is 1. The van der Waals surface area contributed by atoms with Crippen molar-refractivity contribution in [2.75, 3.05) is 13.7 Å². The second kappa shape index (κ2) is 7.31. The molecule has 0 fully saturated rings. The predicted molar refractivity (Wildman–Crippen MR) is 84.8 cm³/mol. The van der Waals surface area contributed by atoms with Gasteiger partial charge >= 0.3 is 0 Å². The molecule has 0 heterocycles. The highest BCUT2D eigenvalue weighted by Gasteiger charge is 2.10. The predicted octanol–water partition coefficient (Wildman–Crippen LogP) is 2.89. The Morgan fingerprint density at radius 2 is 1.81 bits per heavy atom. The molecule has 0 aliphatic rings. The molecule has 2 aromatic rings. The molecule has 112 valence electrons. The van der Waals surface area contributed by atoms with Crippen LogP contribution >= 0.6 is 11.6 Å². The zero-order chi connectivity index (χ0) is 15.2. The van der Waals surface area contributed by atoms with Crippen LogP contribution in [0.25, 0.3) is 0 Å². The van der Waals surface area contributed by atoms with Crippen molar-refractivity contribution in [1.82, 2.24) is 0 Å². The summed E-state index contributed by atoms with van der Waals surface area (Å²) in [5.74, 6) is 1.31. The van der Waals surface area contributed by atoms with Crippen molar-refractivity contribution in [3.8, 4) is 11.5 Å². The van der Waals surface area contributed by atoms with E-state index in [4.69, 9.17) is 32.5 Å². The Labute approximate surface area is 129 Å². The highest BCUT2D eigenvalue weighted by Crippen LogP contribution is 2.30. The Kier molecular flexibility index (Phi) is 5.44. The monoisotopic (exact) mass is 306 g/mol. The third kappa shape index (κ3) is 4.11. The molecule has 0 bridgehead atoms. The number of rotatable bonds is 6. The summed E-state index contributed by atoms with van der Waals surface area (Å²) in [5.41, 5.74) is 13.4. The lowest BCUT2D eigenvalue weighted by Gasteiger charge is -2.15. The van der Waals surface area contributed by atoms with Gasteiger partial charge in [0.15, 0.2) is 11.5 Å². The van der Waals surface area contributed by atoms with Crippen LogP contribution in [-0.2, 0) is 6.61 Å². The molecule has 4 nitrogen and oxygen atoms in total. The van der Waals surface area contributed by atoms with Crippen LogP contribution in [0.4, 0.5) is 0 Å². The Hall–Kier alpha value is -1.75. The maximum absolute atomic E-state index is 5.91. The van der Waals surface area contributed by atoms with E-state index in [1.54, 1.807) is 7.11 Å². The first-order valence-corrected chi connectivity index (χ1v) is 7.02. The summed E-state index contributed by atoms with van der Waals surface area (Å²) in [7, 11) is 1.60. The molecule has 2 aromatic carbocycles. The summed E-state index contributed by atoms with van der Waals surface area (Å²) < 4.78 is 11.1. The minimum atomic E-state index is -0.204. The van der Waals surface area contributed by atoms with Crippen molar-refractivity contribution in [3.63, 3.8) is 0 Å². The normalized spacial score (nSPS) is 12.0. The van der Waals surface area contributed by atoms with Crippen molar-refractivity contribution in [2.24, 2.45) is 11.5 Å². The molecular formula is C16H19ClN2O2. The van der Waals surface area contributed by atoms with Gasteiger partial charge in [-0.05, 0) is 35.4 Å². The van der Waals surface area contributed by atoms with E-state index in [1.165, 1.54) is 0 Å². The number of methoxy groups -OCH3 is 1. The van der Waals surface area contributed by atoms with E-state index >= 15 is 0 Å². The quantitative estimate of drug-likeness (QED) is 0.861. The Balaban J connectivity index is 2.10. The Morgan fingerprint density at radius 3 is 2.43 bits per heavy atom. The molecule has 0 amide bonds. The molecule has 21 heavy (non-hydrogen) atoms. The summed E-state index contributed by atoms with van der Waals surface area (Å²) in [6, 6.07) is 12.9. The van der Waals surface area contributed by atoms with Gasteiger partial charge in [0.05, 0.1) is 7.11 Å². The summed E-state index contributed by atoms with van der Waals surface area (Å²) >= 11 is 5.85. The summed E-state index contributed by atoms with van der Waals surface area (Å²) in [4.78, 5) is 0. The molecular weight excluding hydrogens is 288 g/mol. The number of benzene rings is 2. The van der Waals surface area contributed by atoms with E-state index < -0.39 is 0 Å². The fourth-order valence-corrected chi connectivity index (χ4v) is 2.04. The summed E-state index contributed by atoms with van der Waals surface area (Å²) in [5, 5.41) is 0.705. The van der Waals surface area contributed by atoms with E-state index in [1.807, 2.05) is 42.5 Å². The van der Waals surface area contributed by atoms with Crippen LogP contribution in [0.1, 0.15) is 17.2 Å². The fraction of sp³-hybridized carbons (Fsp3) is 0.250.